The van der Waals surface area contributed by atoms with Crippen LogP contribution < -0.4 is 5.32 Å². The summed E-state index contributed by atoms with van der Waals surface area (Å²) in [6, 6.07) is 11.4. The van der Waals surface area contributed by atoms with E-state index in [2.05, 4.69) is 40.5 Å². The SMILES string of the molecule is c1ccc(CC2CNCCN2CC2CCCO2)cc1. The van der Waals surface area contributed by atoms with Crippen LogP contribution in [0.15, 0.2) is 30.3 Å². The van der Waals surface area contributed by atoms with Gasteiger partial charge in [0.1, 0.15) is 0 Å². The summed E-state index contributed by atoms with van der Waals surface area (Å²) >= 11 is 0. The monoisotopic (exact) mass is 260 g/mol. The smallest absolute Gasteiger partial charge is 0.0702 e. The molecule has 0 bridgehead atoms. The topological polar surface area (TPSA) is 24.5 Å². The first-order valence-corrected chi connectivity index (χ1v) is 7.52. The summed E-state index contributed by atoms with van der Waals surface area (Å²) in [7, 11) is 0. The second kappa shape index (κ2) is 6.51. The van der Waals surface area contributed by atoms with Crippen LogP contribution in [0.25, 0.3) is 0 Å². The predicted octanol–water partition coefficient (Wildman–Crippen LogP) is 1.68. The highest BCUT2D eigenvalue weighted by Crippen LogP contribution is 2.17. The lowest BCUT2D eigenvalue weighted by Gasteiger charge is -2.37. The number of piperazine rings is 1. The lowest BCUT2D eigenvalue weighted by Crippen LogP contribution is -2.54. The quantitative estimate of drug-likeness (QED) is 0.891. The molecule has 104 valence electrons. The molecule has 1 aromatic rings. The van der Waals surface area contributed by atoms with Crippen LogP contribution in [0, 0.1) is 0 Å². The largest absolute Gasteiger partial charge is 0.377 e. The zero-order valence-electron chi connectivity index (χ0n) is 11.6. The van der Waals surface area contributed by atoms with Crippen LogP contribution in [-0.4, -0.2) is 49.8 Å². The summed E-state index contributed by atoms with van der Waals surface area (Å²) in [4.78, 5) is 2.62. The van der Waals surface area contributed by atoms with Crippen LogP contribution in [-0.2, 0) is 11.2 Å². The zero-order chi connectivity index (χ0) is 12.9. The fourth-order valence-corrected chi connectivity index (χ4v) is 3.18. The lowest BCUT2D eigenvalue weighted by molar-refractivity contribution is 0.0487. The van der Waals surface area contributed by atoms with Gasteiger partial charge in [-0.1, -0.05) is 30.3 Å². The third kappa shape index (κ3) is 3.56. The molecule has 3 heteroatoms. The summed E-state index contributed by atoms with van der Waals surface area (Å²) in [5.41, 5.74) is 1.44. The van der Waals surface area contributed by atoms with E-state index in [1.54, 1.807) is 0 Å². The average Bonchev–Trinajstić information content (AvgIpc) is 2.95. The number of benzene rings is 1. The maximum atomic E-state index is 5.79. The minimum absolute atomic E-state index is 0.469. The van der Waals surface area contributed by atoms with Gasteiger partial charge in [-0.3, -0.25) is 4.90 Å². The molecule has 0 saturated carbocycles. The molecule has 0 aliphatic carbocycles. The Bertz CT molecular complexity index is 376. The van der Waals surface area contributed by atoms with E-state index in [4.69, 9.17) is 4.74 Å². The highest BCUT2D eigenvalue weighted by atomic mass is 16.5. The Morgan fingerprint density at radius 3 is 2.95 bits per heavy atom. The Morgan fingerprint density at radius 1 is 1.26 bits per heavy atom. The molecule has 0 aromatic heterocycles. The zero-order valence-corrected chi connectivity index (χ0v) is 11.6. The Balaban J connectivity index is 1.60. The van der Waals surface area contributed by atoms with Crippen molar-refractivity contribution in [3.8, 4) is 0 Å². The van der Waals surface area contributed by atoms with Crippen LogP contribution in [0.3, 0.4) is 0 Å². The highest BCUT2D eigenvalue weighted by molar-refractivity contribution is 5.16. The first kappa shape index (κ1) is 13.1. The molecule has 2 unspecified atom stereocenters. The minimum atomic E-state index is 0.469. The number of rotatable bonds is 4. The molecule has 2 atom stereocenters. The number of nitrogens with one attached hydrogen (secondary N) is 1. The van der Waals surface area contributed by atoms with E-state index in [1.807, 2.05) is 0 Å². The van der Waals surface area contributed by atoms with Crippen molar-refractivity contribution >= 4 is 0 Å². The molecule has 2 aliphatic heterocycles. The van der Waals surface area contributed by atoms with Crippen molar-refractivity contribution in [2.75, 3.05) is 32.8 Å². The van der Waals surface area contributed by atoms with Gasteiger partial charge < -0.3 is 10.1 Å². The van der Waals surface area contributed by atoms with Gasteiger partial charge in [0.25, 0.3) is 0 Å². The second-order valence-corrected chi connectivity index (χ2v) is 5.68. The maximum absolute atomic E-state index is 5.79. The molecular weight excluding hydrogens is 236 g/mol. The number of hydrogen-bond acceptors (Lipinski definition) is 3. The normalized spacial score (nSPS) is 28.6. The van der Waals surface area contributed by atoms with Crippen molar-refractivity contribution in [1.29, 1.82) is 0 Å². The average molecular weight is 260 g/mol. The van der Waals surface area contributed by atoms with E-state index in [9.17, 15) is 0 Å². The highest BCUT2D eigenvalue weighted by Gasteiger charge is 2.26. The molecule has 2 aliphatic rings. The third-order valence-electron chi connectivity index (χ3n) is 4.25. The standard InChI is InChI=1S/C16H24N2O/c1-2-5-14(6-3-1)11-15-12-17-8-9-18(15)13-16-7-4-10-19-16/h1-3,5-6,15-17H,4,7-13H2. The van der Waals surface area contributed by atoms with E-state index >= 15 is 0 Å². The Morgan fingerprint density at radius 2 is 2.16 bits per heavy atom. The van der Waals surface area contributed by atoms with Gasteiger partial charge in [0.2, 0.25) is 0 Å². The predicted molar refractivity (Wildman–Crippen MR) is 77.4 cm³/mol. The molecular formula is C16H24N2O. The summed E-state index contributed by atoms with van der Waals surface area (Å²) in [6.07, 6.45) is 4.08. The summed E-state index contributed by atoms with van der Waals surface area (Å²) in [5, 5.41) is 3.53. The van der Waals surface area contributed by atoms with E-state index in [-0.39, 0.29) is 0 Å². The Kier molecular flexibility index (Phi) is 4.49. The van der Waals surface area contributed by atoms with Crippen molar-refractivity contribution in [3.05, 3.63) is 35.9 Å². The molecule has 2 saturated heterocycles. The summed E-state index contributed by atoms with van der Waals surface area (Å²) in [5.74, 6) is 0. The van der Waals surface area contributed by atoms with Crippen LogP contribution in [0.4, 0.5) is 0 Å². The number of hydrogen-bond donors (Lipinski definition) is 1. The Hall–Kier alpha value is -0.900. The van der Waals surface area contributed by atoms with Gasteiger partial charge in [-0.05, 0) is 24.8 Å². The molecule has 19 heavy (non-hydrogen) atoms. The lowest BCUT2D eigenvalue weighted by atomic mass is 10.0. The third-order valence-corrected chi connectivity index (χ3v) is 4.25. The number of ether oxygens (including phenoxy) is 1. The van der Waals surface area contributed by atoms with E-state index < -0.39 is 0 Å². The van der Waals surface area contributed by atoms with Gasteiger partial charge in [-0.2, -0.15) is 0 Å². The van der Waals surface area contributed by atoms with Gasteiger partial charge in [0, 0.05) is 38.8 Å². The maximum Gasteiger partial charge on any atom is 0.0702 e. The molecule has 3 rings (SSSR count). The van der Waals surface area contributed by atoms with Crippen LogP contribution in [0.5, 0.6) is 0 Å². The second-order valence-electron chi connectivity index (χ2n) is 5.68. The van der Waals surface area contributed by atoms with Crippen LogP contribution in [0.2, 0.25) is 0 Å². The molecule has 1 aromatic carbocycles. The molecule has 3 nitrogen and oxygen atoms in total. The molecule has 0 radical (unpaired) electrons. The summed E-state index contributed by atoms with van der Waals surface area (Å²) < 4.78 is 5.79. The van der Waals surface area contributed by atoms with Gasteiger partial charge in [0.15, 0.2) is 0 Å². The van der Waals surface area contributed by atoms with E-state index in [0.29, 0.717) is 12.1 Å². The molecule has 0 amide bonds. The fraction of sp³-hybridized carbons (Fsp3) is 0.625. The minimum Gasteiger partial charge on any atom is -0.377 e. The van der Waals surface area contributed by atoms with Crippen LogP contribution in [0.1, 0.15) is 18.4 Å². The van der Waals surface area contributed by atoms with E-state index in [1.165, 1.54) is 18.4 Å². The van der Waals surface area contributed by atoms with Crippen molar-refractivity contribution in [3.63, 3.8) is 0 Å². The van der Waals surface area contributed by atoms with Gasteiger partial charge >= 0.3 is 0 Å². The molecule has 2 heterocycles. The molecule has 2 fully saturated rings. The van der Waals surface area contributed by atoms with Crippen molar-refractivity contribution in [2.24, 2.45) is 0 Å². The van der Waals surface area contributed by atoms with Crippen molar-refractivity contribution in [1.82, 2.24) is 10.2 Å². The molecule has 0 spiro atoms. The number of nitrogens with zero attached hydrogens (tertiary/aromatic N) is 1. The first-order valence-electron chi connectivity index (χ1n) is 7.52. The first-order chi connectivity index (χ1) is 9.42. The molecule has 1 N–H and O–H groups in total. The van der Waals surface area contributed by atoms with Gasteiger partial charge in [0.05, 0.1) is 6.10 Å². The van der Waals surface area contributed by atoms with Gasteiger partial charge in [-0.25, -0.2) is 0 Å². The van der Waals surface area contributed by atoms with E-state index in [0.717, 1.165) is 39.2 Å². The van der Waals surface area contributed by atoms with Gasteiger partial charge in [-0.15, -0.1) is 0 Å². The Labute approximate surface area is 115 Å². The van der Waals surface area contributed by atoms with Crippen LogP contribution >= 0.6 is 0 Å². The summed E-state index contributed by atoms with van der Waals surface area (Å²) in [6.45, 7) is 5.43. The fourth-order valence-electron chi connectivity index (χ4n) is 3.18. The van der Waals surface area contributed by atoms with Crippen molar-refractivity contribution in [2.45, 2.75) is 31.4 Å². The van der Waals surface area contributed by atoms with Crippen molar-refractivity contribution < 1.29 is 4.74 Å².